The maximum absolute atomic E-state index is 12.6. The van der Waals surface area contributed by atoms with E-state index in [4.69, 9.17) is 0 Å². The number of anilines is 1. The second-order valence-electron chi connectivity index (χ2n) is 6.03. The fourth-order valence-electron chi connectivity index (χ4n) is 2.67. The molecule has 29 heavy (non-hydrogen) atoms. The molecule has 0 saturated heterocycles. The summed E-state index contributed by atoms with van der Waals surface area (Å²) in [6.45, 7) is -0.0155. The van der Waals surface area contributed by atoms with Gasteiger partial charge in [0, 0.05) is 12.6 Å². The third-order valence-corrected chi connectivity index (χ3v) is 5.48. The average Bonchev–Trinajstić information content (AvgIpc) is 2.73. The monoisotopic (exact) mass is 411 g/mol. The van der Waals surface area contributed by atoms with Crippen molar-refractivity contribution in [2.45, 2.75) is 11.4 Å². The van der Waals surface area contributed by atoms with E-state index in [1.807, 2.05) is 0 Å². The highest BCUT2D eigenvalue weighted by atomic mass is 32.2. The van der Waals surface area contributed by atoms with Crippen LogP contribution in [-0.2, 0) is 16.6 Å². The van der Waals surface area contributed by atoms with E-state index in [2.05, 4.69) is 10.0 Å². The molecule has 3 rings (SSSR count). The summed E-state index contributed by atoms with van der Waals surface area (Å²) in [6, 6.07) is 20.1. The Morgan fingerprint density at radius 1 is 0.897 bits per heavy atom. The van der Waals surface area contributed by atoms with Gasteiger partial charge in [-0.15, -0.1) is 0 Å². The zero-order valence-electron chi connectivity index (χ0n) is 15.1. The lowest BCUT2D eigenvalue weighted by Crippen LogP contribution is -2.24. The SMILES string of the molecule is O=C(NCc1ccccc1NS(=O)(=O)c1ccccc1)c1ccccc1[N+](=O)[O-]. The van der Waals surface area contributed by atoms with Gasteiger partial charge in [0.1, 0.15) is 5.56 Å². The molecule has 8 nitrogen and oxygen atoms in total. The van der Waals surface area contributed by atoms with Gasteiger partial charge < -0.3 is 5.32 Å². The molecule has 1 amide bonds. The number of nitro benzene ring substituents is 1. The quantitative estimate of drug-likeness (QED) is 0.457. The summed E-state index contributed by atoms with van der Waals surface area (Å²) in [7, 11) is -3.80. The number of carbonyl (C=O) groups excluding carboxylic acids is 1. The van der Waals surface area contributed by atoms with Crippen LogP contribution < -0.4 is 10.0 Å². The van der Waals surface area contributed by atoms with E-state index < -0.39 is 20.9 Å². The van der Waals surface area contributed by atoms with Crippen molar-refractivity contribution in [2.24, 2.45) is 0 Å². The van der Waals surface area contributed by atoms with Gasteiger partial charge in [0.2, 0.25) is 0 Å². The van der Waals surface area contributed by atoms with Crippen molar-refractivity contribution in [1.29, 1.82) is 0 Å². The van der Waals surface area contributed by atoms with Crippen molar-refractivity contribution < 1.29 is 18.1 Å². The molecule has 0 heterocycles. The Kier molecular flexibility index (Phi) is 5.89. The number of sulfonamides is 1. The Balaban J connectivity index is 1.78. The van der Waals surface area contributed by atoms with E-state index in [0.717, 1.165) is 0 Å². The van der Waals surface area contributed by atoms with Crippen LogP contribution >= 0.6 is 0 Å². The molecule has 0 unspecified atom stereocenters. The van der Waals surface area contributed by atoms with Crippen molar-refractivity contribution in [2.75, 3.05) is 4.72 Å². The Morgan fingerprint density at radius 2 is 1.52 bits per heavy atom. The number of para-hydroxylation sites is 2. The summed E-state index contributed by atoms with van der Waals surface area (Å²) in [5.74, 6) is -0.627. The van der Waals surface area contributed by atoms with Crippen LogP contribution in [0.4, 0.5) is 11.4 Å². The van der Waals surface area contributed by atoms with E-state index in [1.54, 1.807) is 42.5 Å². The summed E-state index contributed by atoms with van der Waals surface area (Å²) in [4.78, 5) is 23.0. The fourth-order valence-corrected chi connectivity index (χ4v) is 3.79. The van der Waals surface area contributed by atoms with Gasteiger partial charge in [-0.1, -0.05) is 48.5 Å². The summed E-state index contributed by atoms with van der Waals surface area (Å²) < 4.78 is 27.6. The van der Waals surface area contributed by atoms with Gasteiger partial charge in [-0.25, -0.2) is 8.42 Å². The van der Waals surface area contributed by atoms with E-state index in [9.17, 15) is 23.3 Å². The molecular weight excluding hydrogens is 394 g/mol. The summed E-state index contributed by atoms with van der Waals surface area (Å²) in [5.41, 5.74) is 0.445. The van der Waals surface area contributed by atoms with Crippen LogP contribution in [0.2, 0.25) is 0 Å². The van der Waals surface area contributed by atoms with Crippen LogP contribution in [0.15, 0.2) is 83.8 Å². The third-order valence-electron chi connectivity index (χ3n) is 4.10. The van der Waals surface area contributed by atoms with Crippen LogP contribution in [0.3, 0.4) is 0 Å². The summed E-state index contributed by atoms with van der Waals surface area (Å²) in [5, 5.41) is 13.7. The first kappa shape index (κ1) is 20.0. The van der Waals surface area contributed by atoms with Crippen LogP contribution in [0.25, 0.3) is 0 Å². The number of rotatable bonds is 7. The summed E-state index contributed by atoms with van der Waals surface area (Å²) in [6.07, 6.45) is 0. The average molecular weight is 411 g/mol. The molecule has 3 aromatic rings. The lowest BCUT2D eigenvalue weighted by atomic mass is 10.1. The van der Waals surface area contributed by atoms with Crippen molar-refractivity contribution in [3.63, 3.8) is 0 Å². The molecule has 3 aromatic carbocycles. The maximum Gasteiger partial charge on any atom is 0.282 e. The molecule has 0 aliphatic rings. The maximum atomic E-state index is 12.6. The van der Waals surface area contributed by atoms with Gasteiger partial charge in [0.15, 0.2) is 0 Å². The highest BCUT2D eigenvalue weighted by molar-refractivity contribution is 7.92. The number of hydrogen-bond acceptors (Lipinski definition) is 5. The van der Waals surface area contributed by atoms with Gasteiger partial charge in [-0.05, 0) is 29.8 Å². The summed E-state index contributed by atoms with van der Waals surface area (Å²) >= 11 is 0. The van der Waals surface area contributed by atoms with E-state index in [-0.39, 0.29) is 22.7 Å². The fraction of sp³-hybridized carbons (Fsp3) is 0.0500. The number of amides is 1. The van der Waals surface area contributed by atoms with Crippen LogP contribution in [0.1, 0.15) is 15.9 Å². The predicted octanol–water partition coefficient (Wildman–Crippen LogP) is 3.33. The first-order valence-corrected chi connectivity index (χ1v) is 10.0. The largest absolute Gasteiger partial charge is 0.348 e. The van der Waals surface area contributed by atoms with Gasteiger partial charge in [-0.3, -0.25) is 19.6 Å². The molecule has 0 aliphatic heterocycles. The smallest absolute Gasteiger partial charge is 0.282 e. The number of benzene rings is 3. The molecule has 148 valence electrons. The highest BCUT2D eigenvalue weighted by Crippen LogP contribution is 2.21. The molecule has 0 atom stereocenters. The molecule has 0 saturated carbocycles. The minimum absolute atomic E-state index is 0.0155. The van der Waals surface area contributed by atoms with E-state index in [0.29, 0.717) is 11.3 Å². The van der Waals surface area contributed by atoms with Crippen molar-refractivity contribution in [3.05, 3.63) is 100 Å². The normalized spacial score (nSPS) is 10.9. The Hall–Kier alpha value is -3.72. The second-order valence-corrected chi connectivity index (χ2v) is 7.72. The third kappa shape index (κ3) is 4.77. The number of nitrogens with one attached hydrogen (secondary N) is 2. The zero-order valence-corrected chi connectivity index (χ0v) is 15.9. The number of nitro groups is 1. The minimum atomic E-state index is -3.80. The lowest BCUT2D eigenvalue weighted by Gasteiger charge is -2.13. The first-order chi connectivity index (χ1) is 13.9. The van der Waals surface area contributed by atoms with Crippen molar-refractivity contribution in [1.82, 2.24) is 5.32 Å². The number of carbonyl (C=O) groups is 1. The van der Waals surface area contributed by atoms with Gasteiger partial charge in [-0.2, -0.15) is 0 Å². The van der Waals surface area contributed by atoms with Crippen molar-refractivity contribution >= 4 is 27.3 Å². The zero-order chi connectivity index (χ0) is 20.9. The molecule has 0 spiro atoms. The second kappa shape index (κ2) is 8.53. The molecule has 9 heteroatoms. The van der Waals surface area contributed by atoms with Gasteiger partial charge >= 0.3 is 0 Å². The Morgan fingerprint density at radius 3 is 2.24 bits per heavy atom. The Bertz CT molecular complexity index is 1150. The van der Waals surface area contributed by atoms with E-state index in [1.165, 1.54) is 36.4 Å². The molecule has 2 N–H and O–H groups in total. The molecular formula is C20H17N3O5S. The molecule has 0 aliphatic carbocycles. The van der Waals surface area contributed by atoms with E-state index >= 15 is 0 Å². The number of hydrogen-bond donors (Lipinski definition) is 2. The lowest BCUT2D eigenvalue weighted by molar-refractivity contribution is -0.385. The number of nitrogens with zero attached hydrogens (tertiary/aromatic N) is 1. The van der Waals surface area contributed by atoms with Crippen molar-refractivity contribution in [3.8, 4) is 0 Å². The standard InChI is InChI=1S/C20H17N3O5S/c24-20(17-11-5-7-13-19(17)23(25)26)21-14-15-8-4-6-12-18(15)22-29(27,28)16-9-2-1-3-10-16/h1-13,22H,14H2,(H,21,24). The van der Waals surface area contributed by atoms with Gasteiger partial charge in [0.25, 0.3) is 21.6 Å². The van der Waals surface area contributed by atoms with Gasteiger partial charge in [0.05, 0.1) is 15.5 Å². The van der Waals surface area contributed by atoms with Crippen LogP contribution in [0.5, 0.6) is 0 Å². The molecule has 0 radical (unpaired) electrons. The topological polar surface area (TPSA) is 118 Å². The molecule has 0 aromatic heterocycles. The predicted molar refractivity (Wildman–Crippen MR) is 108 cm³/mol. The van der Waals surface area contributed by atoms with Crippen LogP contribution in [-0.4, -0.2) is 19.2 Å². The van der Waals surface area contributed by atoms with Crippen LogP contribution in [0, 0.1) is 10.1 Å². The Labute approximate surface area is 167 Å². The first-order valence-electron chi connectivity index (χ1n) is 8.56. The molecule has 0 bridgehead atoms. The minimum Gasteiger partial charge on any atom is -0.348 e. The molecule has 0 fully saturated rings. The highest BCUT2D eigenvalue weighted by Gasteiger charge is 2.20.